The van der Waals surface area contributed by atoms with Gasteiger partial charge in [0.25, 0.3) is 11.8 Å². The highest BCUT2D eigenvalue weighted by atomic mass is 32.1. The maximum absolute atomic E-state index is 13.5. The van der Waals surface area contributed by atoms with Gasteiger partial charge in [-0.1, -0.05) is 92.0 Å². The third-order valence-corrected chi connectivity index (χ3v) is 5.42. The van der Waals surface area contributed by atoms with Gasteiger partial charge in [-0.25, -0.2) is 16.7 Å². The average Bonchev–Trinajstić information content (AvgIpc) is 2.78. The van der Waals surface area contributed by atoms with Crippen molar-refractivity contribution in [1.82, 2.24) is 10.4 Å². The Labute approximate surface area is 179 Å². The lowest BCUT2D eigenvalue weighted by Crippen LogP contribution is -2.64. The first-order chi connectivity index (χ1) is 13.8. The molecule has 0 atom stereocenters. The molecule has 0 saturated carbocycles. The Hall–Kier alpha value is -2.85. The largest absolute Gasteiger partial charge is 0.293 e. The average molecular weight is 429 g/mol. The van der Waals surface area contributed by atoms with Crippen LogP contribution in [0.4, 0.5) is 0 Å². The number of carbonyl (C=O) groups is 3. The molecule has 0 aliphatic carbocycles. The minimum absolute atomic E-state index is 0.0568. The summed E-state index contributed by atoms with van der Waals surface area (Å²) in [6, 6.07) is 16.8. The standard InChI is InChI=1S/C20H20N4O3S2/c1-2-15(25)24(22)19(27)20(18(26)23-21,16(28)13-9-5-3-6-10-13)17(29)14-11-7-4-8-12-14/h3-12H,2,21-22H2,1H3,(H,23,26). The number of imide groups is 1. The van der Waals surface area contributed by atoms with Crippen molar-refractivity contribution in [3.05, 3.63) is 71.8 Å². The summed E-state index contributed by atoms with van der Waals surface area (Å²) in [5, 5.41) is 0.375. The van der Waals surface area contributed by atoms with E-state index in [1.165, 1.54) is 6.92 Å². The lowest BCUT2D eigenvalue weighted by Gasteiger charge is -2.34. The van der Waals surface area contributed by atoms with Crippen LogP contribution in [-0.2, 0) is 14.4 Å². The number of amides is 3. The number of benzene rings is 2. The monoisotopic (exact) mass is 428 g/mol. The summed E-state index contributed by atoms with van der Waals surface area (Å²) in [6.45, 7) is 1.53. The highest BCUT2D eigenvalue weighted by Gasteiger charge is 2.56. The Balaban J connectivity index is 2.80. The van der Waals surface area contributed by atoms with E-state index in [2.05, 4.69) is 0 Å². The predicted molar refractivity (Wildman–Crippen MR) is 117 cm³/mol. The number of hydrazine groups is 2. The fraction of sp³-hybridized carbons (Fsp3) is 0.150. The molecule has 29 heavy (non-hydrogen) atoms. The van der Waals surface area contributed by atoms with Crippen molar-refractivity contribution in [3.63, 3.8) is 0 Å². The third kappa shape index (κ3) is 4.13. The van der Waals surface area contributed by atoms with Gasteiger partial charge in [0, 0.05) is 6.42 Å². The number of carbonyl (C=O) groups excluding carboxylic acids is 3. The van der Waals surface area contributed by atoms with E-state index in [1.54, 1.807) is 60.7 Å². The normalized spacial score (nSPS) is 10.7. The second-order valence-electron chi connectivity index (χ2n) is 6.04. The molecule has 0 fully saturated rings. The van der Waals surface area contributed by atoms with E-state index >= 15 is 0 Å². The van der Waals surface area contributed by atoms with Gasteiger partial charge >= 0.3 is 0 Å². The van der Waals surface area contributed by atoms with E-state index < -0.39 is 23.1 Å². The van der Waals surface area contributed by atoms with Crippen molar-refractivity contribution in [1.29, 1.82) is 0 Å². The molecule has 0 aliphatic rings. The SMILES string of the molecule is CCC(=O)N(N)C(=O)C(C(=O)NN)(C(=S)c1ccccc1)C(=S)c1ccccc1. The molecule has 9 heteroatoms. The van der Waals surface area contributed by atoms with Crippen LogP contribution in [0, 0.1) is 5.41 Å². The number of hydrogen-bond acceptors (Lipinski definition) is 7. The molecule has 7 nitrogen and oxygen atoms in total. The summed E-state index contributed by atoms with van der Waals surface area (Å²) in [5.41, 5.74) is 0.492. The Kier molecular flexibility index (Phi) is 7.40. The molecule has 0 saturated heterocycles. The summed E-state index contributed by atoms with van der Waals surface area (Å²) < 4.78 is 0. The highest BCUT2D eigenvalue weighted by Crippen LogP contribution is 2.33. The second-order valence-corrected chi connectivity index (χ2v) is 6.85. The molecular weight excluding hydrogens is 408 g/mol. The fourth-order valence-corrected chi connectivity index (χ4v) is 3.69. The molecule has 0 radical (unpaired) electrons. The van der Waals surface area contributed by atoms with Crippen molar-refractivity contribution < 1.29 is 14.4 Å². The van der Waals surface area contributed by atoms with E-state index in [9.17, 15) is 14.4 Å². The lowest BCUT2D eigenvalue weighted by atomic mass is 9.74. The van der Waals surface area contributed by atoms with Gasteiger partial charge in [0.1, 0.15) is 0 Å². The molecule has 5 N–H and O–H groups in total. The summed E-state index contributed by atoms with van der Waals surface area (Å²) in [5.74, 6) is 8.44. The lowest BCUT2D eigenvalue weighted by molar-refractivity contribution is -0.150. The number of nitrogens with zero attached hydrogens (tertiary/aromatic N) is 1. The van der Waals surface area contributed by atoms with Gasteiger partial charge in [0.15, 0.2) is 0 Å². The summed E-state index contributed by atoms with van der Waals surface area (Å²) in [7, 11) is 0. The van der Waals surface area contributed by atoms with Gasteiger partial charge < -0.3 is 0 Å². The maximum atomic E-state index is 13.5. The number of nitrogens with two attached hydrogens (primary N) is 2. The van der Waals surface area contributed by atoms with E-state index in [1.807, 2.05) is 5.43 Å². The molecule has 0 heterocycles. The first-order valence-electron chi connectivity index (χ1n) is 8.65. The summed E-state index contributed by atoms with van der Waals surface area (Å²) in [4.78, 5) is 38.5. The highest BCUT2D eigenvalue weighted by molar-refractivity contribution is 7.83. The zero-order valence-electron chi connectivity index (χ0n) is 15.6. The van der Waals surface area contributed by atoms with Crippen LogP contribution in [0.2, 0.25) is 0 Å². The Bertz CT molecular complexity index is 897. The zero-order valence-corrected chi connectivity index (χ0v) is 17.3. The van der Waals surface area contributed by atoms with Gasteiger partial charge in [-0.15, -0.1) is 0 Å². The minimum atomic E-state index is -2.28. The van der Waals surface area contributed by atoms with Crippen LogP contribution in [0.3, 0.4) is 0 Å². The molecule has 150 valence electrons. The number of hydrogen-bond donors (Lipinski definition) is 3. The van der Waals surface area contributed by atoms with Crippen LogP contribution in [0.1, 0.15) is 24.5 Å². The van der Waals surface area contributed by atoms with Crippen LogP contribution < -0.4 is 17.1 Å². The van der Waals surface area contributed by atoms with Crippen LogP contribution in [0.5, 0.6) is 0 Å². The van der Waals surface area contributed by atoms with Crippen molar-refractivity contribution in [2.45, 2.75) is 13.3 Å². The number of rotatable bonds is 7. The molecule has 0 unspecified atom stereocenters. The van der Waals surface area contributed by atoms with Gasteiger partial charge in [-0.2, -0.15) is 0 Å². The van der Waals surface area contributed by atoms with Crippen molar-refractivity contribution in [2.75, 3.05) is 0 Å². The molecule has 2 aromatic rings. The first kappa shape index (κ1) is 22.4. The number of nitrogens with one attached hydrogen (secondary N) is 1. The molecule has 0 aromatic heterocycles. The Morgan fingerprint density at radius 2 is 1.34 bits per heavy atom. The molecule has 0 aliphatic heterocycles. The van der Waals surface area contributed by atoms with Crippen LogP contribution in [0.15, 0.2) is 60.7 Å². The van der Waals surface area contributed by atoms with Crippen molar-refractivity contribution in [3.8, 4) is 0 Å². The quantitative estimate of drug-likeness (QED) is 0.152. The van der Waals surface area contributed by atoms with Crippen molar-refractivity contribution >= 4 is 51.9 Å². The molecule has 2 rings (SSSR count). The minimum Gasteiger partial charge on any atom is -0.293 e. The number of thiocarbonyl (C=S) groups is 2. The summed E-state index contributed by atoms with van der Waals surface area (Å²) in [6.07, 6.45) is -0.0568. The molecule has 3 amide bonds. The van der Waals surface area contributed by atoms with Gasteiger partial charge in [0.2, 0.25) is 11.3 Å². The van der Waals surface area contributed by atoms with E-state index in [0.29, 0.717) is 16.1 Å². The van der Waals surface area contributed by atoms with E-state index in [0.717, 1.165) is 0 Å². The second kappa shape index (κ2) is 9.57. The van der Waals surface area contributed by atoms with E-state index in [4.69, 9.17) is 36.1 Å². The third-order valence-electron chi connectivity index (χ3n) is 4.34. The van der Waals surface area contributed by atoms with Crippen LogP contribution in [-0.4, -0.2) is 32.5 Å². The van der Waals surface area contributed by atoms with Gasteiger partial charge in [0.05, 0.1) is 9.73 Å². The first-order valence-corrected chi connectivity index (χ1v) is 9.46. The fourth-order valence-electron chi connectivity index (χ4n) is 2.79. The smallest absolute Gasteiger partial charge is 0.270 e. The Morgan fingerprint density at radius 1 is 0.931 bits per heavy atom. The van der Waals surface area contributed by atoms with Crippen LogP contribution >= 0.6 is 24.4 Å². The van der Waals surface area contributed by atoms with Crippen LogP contribution in [0.25, 0.3) is 0 Å². The molecular formula is C20H20N4O3S2. The van der Waals surface area contributed by atoms with E-state index in [-0.39, 0.29) is 16.1 Å². The molecule has 0 spiro atoms. The van der Waals surface area contributed by atoms with Crippen molar-refractivity contribution in [2.24, 2.45) is 17.1 Å². The maximum Gasteiger partial charge on any atom is 0.270 e. The molecule has 0 bridgehead atoms. The Morgan fingerprint density at radius 3 is 1.69 bits per heavy atom. The van der Waals surface area contributed by atoms with Gasteiger partial charge in [-0.05, 0) is 11.1 Å². The predicted octanol–water partition coefficient (Wildman–Crippen LogP) is 1.44. The topological polar surface area (TPSA) is 119 Å². The zero-order chi connectivity index (χ0) is 21.6. The summed E-state index contributed by atoms with van der Waals surface area (Å²) >= 11 is 11.1. The molecule has 2 aromatic carbocycles. The van der Waals surface area contributed by atoms with Gasteiger partial charge in [-0.3, -0.25) is 19.8 Å².